The number of hydrogen-bond acceptors (Lipinski definition) is 4. The fraction of sp³-hybridized carbons (Fsp3) is 0.719. The lowest BCUT2D eigenvalue weighted by atomic mass is 9.95. The van der Waals surface area contributed by atoms with Gasteiger partial charge in [0.05, 0.1) is 0 Å². The van der Waals surface area contributed by atoms with Crippen LogP contribution in [0.1, 0.15) is 123 Å². The van der Waals surface area contributed by atoms with Crippen LogP contribution in [0.4, 0.5) is 4.79 Å². The largest absolute Gasteiger partial charge is 0.444 e. The molecule has 0 heterocycles. The summed E-state index contributed by atoms with van der Waals surface area (Å²) in [4.78, 5) is 42.5. The van der Waals surface area contributed by atoms with E-state index >= 15 is 0 Å². The third kappa shape index (κ3) is 12.9. The highest BCUT2D eigenvalue weighted by atomic mass is 16.6. The summed E-state index contributed by atoms with van der Waals surface area (Å²) in [6.45, 7) is 16.6. The summed E-state index contributed by atoms with van der Waals surface area (Å²) in [7, 11) is 0. The quantitative estimate of drug-likeness (QED) is 0.205. The Hall–Kier alpha value is -2.57. The van der Waals surface area contributed by atoms with Crippen molar-refractivity contribution in [3.63, 3.8) is 0 Å². The van der Waals surface area contributed by atoms with E-state index < -0.39 is 23.8 Å². The number of rotatable bonds is 17. The molecule has 0 aromatic heterocycles. The molecule has 3 amide bonds. The summed E-state index contributed by atoms with van der Waals surface area (Å²) in [6.07, 6.45) is 8.30. The van der Waals surface area contributed by atoms with Crippen LogP contribution in [-0.2, 0) is 14.3 Å². The molecule has 1 aromatic carbocycles. The maximum atomic E-state index is 14.3. The van der Waals surface area contributed by atoms with Gasteiger partial charge in [0, 0.05) is 13.1 Å². The first-order valence-electron chi connectivity index (χ1n) is 15.1. The second-order valence-electron chi connectivity index (χ2n) is 11.8. The van der Waals surface area contributed by atoms with Crippen molar-refractivity contribution in [1.82, 2.24) is 15.5 Å². The highest BCUT2D eigenvalue weighted by molar-refractivity contribution is 5.92. The van der Waals surface area contributed by atoms with Gasteiger partial charge in [-0.3, -0.25) is 9.59 Å². The number of carbonyl (C=O) groups excluding carboxylic acids is 3. The summed E-state index contributed by atoms with van der Waals surface area (Å²) >= 11 is 0. The SMILES string of the molecule is CCCCCCCCN(C(=O)C(NC(=O)OC(C)(C)C)C(C)CC)C(C(=O)NCCCC)c1ccc(C)cc1. The van der Waals surface area contributed by atoms with Gasteiger partial charge in [-0.1, -0.05) is 102 Å². The number of nitrogens with one attached hydrogen (secondary N) is 2. The van der Waals surface area contributed by atoms with Crippen LogP contribution in [0.25, 0.3) is 0 Å². The first-order chi connectivity index (χ1) is 18.4. The van der Waals surface area contributed by atoms with Gasteiger partial charge < -0.3 is 20.3 Å². The van der Waals surface area contributed by atoms with Gasteiger partial charge in [-0.25, -0.2) is 4.79 Å². The number of carbonyl (C=O) groups is 3. The normalized spacial score (nSPS) is 13.7. The van der Waals surface area contributed by atoms with Gasteiger partial charge in [-0.05, 0) is 52.0 Å². The van der Waals surface area contributed by atoms with Crippen molar-refractivity contribution in [3.05, 3.63) is 35.4 Å². The van der Waals surface area contributed by atoms with E-state index in [2.05, 4.69) is 24.5 Å². The van der Waals surface area contributed by atoms with Crippen LogP contribution in [0.5, 0.6) is 0 Å². The molecule has 39 heavy (non-hydrogen) atoms. The van der Waals surface area contributed by atoms with E-state index in [1.807, 2.05) is 45.0 Å². The highest BCUT2D eigenvalue weighted by Crippen LogP contribution is 2.26. The van der Waals surface area contributed by atoms with Gasteiger partial charge in [0.25, 0.3) is 0 Å². The summed E-state index contributed by atoms with van der Waals surface area (Å²) < 4.78 is 5.50. The van der Waals surface area contributed by atoms with Crippen molar-refractivity contribution >= 4 is 17.9 Å². The molecule has 0 fully saturated rings. The second kappa shape index (κ2) is 17.9. The maximum absolute atomic E-state index is 14.3. The number of unbranched alkanes of at least 4 members (excludes halogenated alkanes) is 6. The molecule has 3 atom stereocenters. The van der Waals surface area contributed by atoms with Crippen LogP contribution >= 0.6 is 0 Å². The molecule has 0 radical (unpaired) electrons. The van der Waals surface area contributed by atoms with Crippen LogP contribution in [0.2, 0.25) is 0 Å². The first kappa shape index (κ1) is 34.5. The van der Waals surface area contributed by atoms with Crippen molar-refractivity contribution in [2.24, 2.45) is 5.92 Å². The molecular weight excluding hydrogens is 490 g/mol. The Morgan fingerprint density at radius 1 is 0.897 bits per heavy atom. The zero-order valence-electron chi connectivity index (χ0n) is 25.9. The zero-order valence-corrected chi connectivity index (χ0v) is 25.9. The highest BCUT2D eigenvalue weighted by Gasteiger charge is 2.37. The van der Waals surface area contributed by atoms with Gasteiger partial charge in [-0.2, -0.15) is 0 Å². The van der Waals surface area contributed by atoms with Crippen LogP contribution in [0.15, 0.2) is 24.3 Å². The van der Waals surface area contributed by atoms with Gasteiger partial charge in [-0.15, -0.1) is 0 Å². The lowest BCUT2D eigenvalue weighted by molar-refractivity contribution is -0.143. The molecule has 7 heteroatoms. The van der Waals surface area contributed by atoms with Gasteiger partial charge in [0.15, 0.2) is 0 Å². The molecule has 0 aliphatic rings. The van der Waals surface area contributed by atoms with Crippen molar-refractivity contribution in [2.45, 2.75) is 131 Å². The lowest BCUT2D eigenvalue weighted by Gasteiger charge is -2.36. The smallest absolute Gasteiger partial charge is 0.408 e. The molecule has 0 aliphatic carbocycles. The topological polar surface area (TPSA) is 87.7 Å². The van der Waals surface area contributed by atoms with E-state index in [4.69, 9.17) is 4.74 Å². The summed E-state index contributed by atoms with van der Waals surface area (Å²) in [5.41, 5.74) is 1.17. The Morgan fingerprint density at radius 3 is 2.05 bits per heavy atom. The summed E-state index contributed by atoms with van der Waals surface area (Å²) in [5, 5.41) is 5.91. The first-order valence-corrected chi connectivity index (χ1v) is 15.1. The summed E-state index contributed by atoms with van der Waals surface area (Å²) in [6, 6.07) is 6.22. The zero-order chi connectivity index (χ0) is 29.4. The molecule has 0 saturated carbocycles. The predicted octanol–water partition coefficient (Wildman–Crippen LogP) is 7.08. The Balaban J connectivity index is 3.41. The van der Waals surface area contributed by atoms with E-state index in [1.54, 1.807) is 25.7 Å². The minimum atomic E-state index is -0.804. The minimum Gasteiger partial charge on any atom is -0.444 e. The van der Waals surface area contributed by atoms with Crippen molar-refractivity contribution in [2.75, 3.05) is 13.1 Å². The monoisotopic (exact) mass is 545 g/mol. The number of aryl methyl sites for hydroxylation is 1. The molecule has 1 aromatic rings. The molecule has 0 bridgehead atoms. The van der Waals surface area contributed by atoms with Crippen molar-refractivity contribution < 1.29 is 19.1 Å². The van der Waals surface area contributed by atoms with E-state index in [1.165, 1.54) is 19.3 Å². The average Bonchev–Trinajstić information content (AvgIpc) is 2.87. The van der Waals surface area contributed by atoms with Crippen molar-refractivity contribution in [1.29, 1.82) is 0 Å². The fourth-order valence-electron chi connectivity index (χ4n) is 4.43. The Labute approximate surface area is 237 Å². The van der Waals surface area contributed by atoms with E-state index in [0.29, 0.717) is 19.5 Å². The van der Waals surface area contributed by atoms with Crippen LogP contribution in [0.3, 0.4) is 0 Å². The number of hydrogen-bond donors (Lipinski definition) is 2. The van der Waals surface area contributed by atoms with Crippen molar-refractivity contribution in [3.8, 4) is 0 Å². The maximum Gasteiger partial charge on any atom is 0.408 e. The van der Waals surface area contributed by atoms with E-state index in [0.717, 1.165) is 43.2 Å². The molecule has 3 unspecified atom stereocenters. The van der Waals surface area contributed by atoms with E-state index in [9.17, 15) is 14.4 Å². The van der Waals surface area contributed by atoms with Crippen LogP contribution in [-0.4, -0.2) is 47.5 Å². The van der Waals surface area contributed by atoms with Gasteiger partial charge in [0.2, 0.25) is 11.8 Å². The molecule has 7 nitrogen and oxygen atoms in total. The fourth-order valence-corrected chi connectivity index (χ4v) is 4.43. The number of alkyl carbamates (subject to hydrolysis) is 1. The molecule has 222 valence electrons. The molecule has 0 saturated heterocycles. The lowest BCUT2D eigenvalue weighted by Crippen LogP contribution is -2.55. The Bertz CT molecular complexity index is 863. The molecule has 2 N–H and O–H groups in total. The predicted molar refractivity (Wildman–Crippen MR) is 160 cm³/mol. The Morgan fingerprint density at radius 2 is 1.49 bits per heavy atom. The van der Waals surface area contributed by atoms with Gasteiger partial charge in [0.1, 0.15) is 17.7 Å². The summed E-state index contributed by atoms with van der Waals surface area (Å²) in [5.74, 6) is -0.578. The Kier molecular flexibility index (Phi) is 15.8. The van der Waals surface area contributed by atoms with Gasteiger partial charge >= 0.3 is 6.09 Å². The number of ether oxygens (including phenoxy) is 1. The third-order valence-electron chi connectivity index (χ3n) is 6.97. The number of amides is 3. The second-order valence-corrected chi connectivity index (χ2v) is 11.8. The average molecular weight is 546 g/mol. The molecule has 1 rings (SSSR count). The molecular formula is C32H55N3O4. The molecule has 0 aliphatic heterocycles. The van der Waals surface area contributed by atoms with Crippen LogP contribution in [0, 0.1) is 12.8 Å². The number of benzene rings is 1. The molecule has 0 spiro atoms. The minimum absolute atomic E-state index is 0.140. The number of nitrogens with zero attached hydrogens (tertiary/aromatic N) is 1. The van der Waals surface area contributed by atoms with E-state index in [-0.39, 0.29) is 17.7 Å². The standard InChI is InChI=1S/C32H55N3O4/c1-9-12-14-15-16-17-23-35(30(37)27(25(5)11-3)34-31(38)39-32(6,7)8)28(29(36)33-22-13-10-2)26-20-18-24(4)19-21-26/h18-21,25,27-28H,9-17,22-23H2,1-8H3,(H,33,36)(H,34,38). The third-order valence-corrected chi connectivity index (χ3v) is 6.97. The van der Waals surface area contributed by atoms with Crippen LogP contribution < -0.4 is 10.6 Å².